The van der Waals surface area contributed by atoms with Gasteiger partial charge in [-0.1, -0.05) is 41.9 Å². The minimum Gasteiger partial charge on any atom is -0.375 e. The van der Waals surface area contributed by atoms with E-state index in [4.69, 9.17) is 16.3 Å². The molecular weight excluding hydrogens is 258 g/mol. The fourth-order valence-electron chi connectivity index (χ4n) is 1.29. The quantitative estimate of drug-likeness (QED) is 0.819. The molecule has 0 bridgehead atoms. The molecule has 1 aromatic heterocycles. The summed E-state index contributed by atoms with van der Waals surface area (Å²) in [6.07, 6.45) is 0. The fraction of sp³-hybridized carbons (Fsp3) is 0.273. The highest BCUT2D eigenvalue weighted by atomic mass is 35.5. The Morgan fingerprint density at radius 2 is 2.06 bits per heavy atom. The van der Waals surface area contributed by atoms with Crippen molar-refractivity contribution in [1.82, 2.24) is 8.75 Å². The summed E-state index contributed by atoms with van der Waals surface area (Å²) in [6.45, 7) is 1.88. The number of rotatable bonds is 6. The van der Waals surface area contributed by atoms with E-state index in [0.29, 0.717) is 30.7 Å². The second-order valence-electron chi connectivity index (χ2n) is 3.37. The summed E-state index contributed by atoms with van der Waals surface area (Å²) < 4.78 is 13.4. The number of benzene rings is 1. The maximum absolute atomic E-state index is 5.78. The zero-order chi connectivity index (χ0) is 11.9. The monoisotopic (exact) mass is 269 g/mol. The minimum atomic E-state index is 0.415. The zero-order valence-corrected chi connectivity index (χ0v) is 10.7. The van der Waals surface area contributed by atoms with E-state index < -0.39 is 0 Å². The van der Waals surface area contributed by atoms with Crippen molar-refractivity contribution >= 4 is 29.1 Å². The molecule has 0 amide bonds. The van der Waals surface area contributed by atoms with Gasteiger partial charge in [0, 0.05) is 6.54 Å². The van der Waals surface area contributed by atoms with Crippen LogP contribution in [0, 0.1) is 0 Å². The third-order valence-electron chi connectivity index (χ3n) is 2.10. The van der Waals surface area contributed by atoms with Crippen LogP contribution in [-0.4, -0.2) is 21.9 Å². The fourth-order valence-corrected chi connectivity index (χ4v) is 1.97. The van der Waals surface area contributed by atoms with Crippen molar-refractivity contribution in [1.29, 1.82) is 0 Å². The van der Waals surface area contributed by atoms with E-state index >= 15 is 0 Å². The van der Waals surface area contributed by atoms with Gasteiger partial charge in [-0.2, -0.15) is 8.75 Å². The standard InChI is InChI=1S/C11H12ClN3OS/c12-10-11(15-17-14-10)13-6-7-16-8-9-4-2-1-3-5-9/h1-5H,6-8H2,(H,13,15). The third-order valence-corrected chi connectivity index (χ3v) is 2.99. The SMILES string of the molecule is Clc1nsnc1NCCOCc1ccccc1. The molecule has 6 heteroatoms. The zero-order valence-electron chi connectivity index (χ0n) is 9.10. The van der Waals surface area contributed by atoms with Crippen LogP contribution in [0.3, 0.4) is 0 Å². The minimum absolute atomic E-state index is 0.415. The van der Waals surface area contributed by atoms with Gasteiger partial charge in [-0.3, -0.25) is 0 Å². The molecule has 0 spiro atoms. The van der Waals surface area contributed by atoms with Gasteiger partial charge in [0.25, 0.3) is 0 Å². The van der Waals surface area contributed by atoms with E-state index in [1.54, 1.807) is 0 Å². The Balaban J connectivity index is 1.63. The van der Waals surface area contributed by atoms with Crippen LogP contribution < -0.4 is 5.32 Å². The Morgan fingerprint density at radius 3 is 2.76 bits per heavy atom. The van der Waals surface area contributed by atoms with Crippen molar-refractivity contribution in [2.45, 2.75) is 6.61 Å². The Bertz CT molecular complexity index is 449. The molecule has 0 fully saturated rings. The molecule has 0 saturated heterocycles. The molecule has 1 aromatic carbocycles. The molecule has 2 rings (SSSR count). The van der Waals surface area contributed by atoms with Gasteiger partial charge in [0.1, 0.15) is 0 Å². The lowest BCUT2D eigenvalue weighted by atomic mass is 10.2. The maximum atomic E-state index is 5.78. The average molecular weight is 270 g/mol. The van der Waals surface area contributed by atoms with Crippen molar-refractivity contribution in [3.63, 3.8) is 0 Å². The summed E-state index contributed by atoms with van der Waals surface area (Å²) in [5.74, 6) is 0.625. The lowest BCUT2D eigenvalue weighted by Crippen LogP contribution is -2.09. The molecule has 4 nitrogen and oxygen atoms in total. The summed E-state index contributed by atoms with van der Waals surface area (Å²) >= 11 is 6.87. The van der Waals surface area contributed by atoms with Gasteiger partial charge in [-0.15, -0.1) is 0 Å². The second-order valence-corrected chi connectivity index (χ2v) is 4.26. The Morgan fingerprint density at radius 1 is 1.24 bits per heavy atom. The smallest absolute Gasteiger partial charge is 0.186 e. The van der Waals surface area contributed by atoms with Crippen LogP contribution in [0.1, 0.15) is 5.56 Å². The van der Waals surface area contributed by atoms with E-state index in [1.165, 1.54) is 5.56 Å². The number of nitrogens with zero attached hydrogens (tertiary/aromatic N) is 2. The molecule has 17 heavy (non-hydrogen) atoms. The van der Waals surface area contributed by atoms with Gasteiger partial charge in [0.05, 0.1) is 24.9 Å². The molecule has 0 saturated carbocycles. The van der Waals surface area contributed by atoms with Crippen LogP contribution in [0.5, 0.6) is 0 Å². The molecule has 1 N–H and O–H groups in total. The summed E-state index contributed by atoms with van der Waals surface area (Å²) in [6, 6.07) is 10.1. The molecule has 90 valence electrons. The van der Waals surface area contributed by atoms with Gasteiger partial charge in [0.15, 0.2) is 11.0 Å². The van der Waals surface area contributed by atoms with E-state index in [-0.39, 0.29) is 0 Å². The Labute approximate surface area is 109 Å². The van der Waals surface area contributed by atoms with Crippen LogP contribution >= 0.6 is 23.3 Å². The summed E-state index contributed by atoms with van der Waals surface area (Å²) in [4.78, 5) is 0. The predicted octanol–water partition coefficient (Wildman–Crippen LogP) is 2.82. The van der Waals surface area contributed by atoms with Gasteiger partial charge in [0.2, 0.25) is 0 Å². The largest absolute Gasteiger partial charge is 0.375 e. The van der Waals surface area contributed by atoms with Gasteiger partial charge in [-0.25, -0.2) is 0 Å². The predicted molar refractivity (Wildman–Crippen MR) is 69.5 cm³/mol. The molecular formula is C11H12ClN3OS. The Kier molecular flexibility index (Phi) is 4.73. The molecule has 0 unspecified atom stereocenters. The first kappa shape index (κ1) is 12.3. The van der Waals surface area contributed by atoms with Crippen LogP contribution in [0.15, 0.2) is 30.3 Å². The number of nitrogens with one attached hydrogen (secondary N) is 1. The van der Waals surface area contributed by atoms with Crippen molar-refractivity contribution in [3.8, 4) is 0 Å². The molecule has 1 heterocycles. The van der Waals surface area contributed by atoms with Crippen LogP contribution in [-0.2, 0) is 11.3 Å². The van der Waals surface area contributed by atoms with E-state index in [0.717, 1.165) is 11.7 Å². The lowest BCUT2D eigenvalue weighted by molar-refractivity contribution is 0.130. The highest BCUT2D eigenvalue weighted by Gasteiger charge is 2.02. The first-order valence-electron chi connectivity index (χ1n) is 5.20. The molecule has 0 aliphatic heterocycles. The van der Waals surface area contributed by atoms with Crippen molar-refractivity contribution in [2.75, 3.05) is 18.5 Å². The number of aromatic nitrogens is 2. The molecule has 0 aliphatic rings. The number of halogens is 1. The first-order chi connectivity index (χ1) is 8.36. The molecule has 0 aliphatic carbocycles. The lowest BCUT2D eigenvalue weighted by Gasteiger charge is -2.05. The third kappa shape index (κ3) is 3.96. The van der Waals surface area contributed by atoms with E-state index in [1.807, 2.05) is 30.3 Å². The van der Waals surface area contributed by atoms with Crippen LogP contribution in [0.2, 0.25) is 5.15 Å². The number of hydrogen-bond acceptors (Lipinski definition) is 5. The first-order valence-corrected chi connectivity index (χ1v) is 6.30. The second kappa shape index (κ2) is 6.54. The van der Waals surface area contributed by atoms with E-state index in [9.17, 15) is 0 Å². The summed E-state index contributed by atoms with van der Waals surface area (Å²) in [5.41, 5.74) is 1.17. The van der Waals surface area contributed by atoms with E-state index in [2.05, 4.69) is 14.1 Å². The van der Waals surface area contributed by atoms with Crippen molar-refractivity contribution < 1.29 is 4.74 Å². The van der Waals surface area contributed by atoms with Crippen molar-refractivity contribution in [2.24, 2.45) is 0 Å². The van der Waals surface area contributed by atoms with Gasteiger partial charge >= 0.3 is 0 Å². The topological polar surface area (TPSA) is 47.0 Å². The summed E-state index contributed by atoms with van der Waals surface area (Å²) in [7, 11) is 0. The highest BCUT2D eigenvalue weighted by Crippen LogP contribution is 2.17. The number of anilines is 1. The van der Waals surface area contributed by atoms with Gasteiger partial charge in [-0.05, 0) is 5.56 Å². The normalized spacial score (nSPS) is 10.4. The maximum Gasteiger partial charge on any atom is 0.186 e. The Hall–Kier alpha value is -1.17. The highest BCUT2D eigenvalue weighted by molar-refractivity contribution is 6.99. The number of ether oxygens (including phenoxy) is 1. The molecule has 2 aromatic rings. The number of hydrogen-bond donors (Lipinski definition) is 1. The summed E-state index contributed by atoms with van der Waals surface area (Å²) in [5, 5.41) is 3.47. The van der Waals surface area contributed by atoms with Crippen molar-refractivity contribution in [3.05, 3.63) is 41.0 Å². The average Bonchev–Trinajstić information content (AvgIpc) is 2.76. The molecule has 0 radical (unpaired) electrons. The van der Waals surface area contributed by atoms with Crippen LogP contribution in [0.25, 0.3) is 0 Å². The molecule has 0 atom stereocenters. The van der Waals surface area contributed by atoms with Crippen LogP contribution in [0.4, 0.5) is 5.82 Å². The van der Waals surface area contributed by atoms with Gasteiger partial charge < -0.3 is 10.1 Å².